The lowest BCUT2D eigenvalue weighted by molar-refractivity contribution is -0.149. The maximum atomic E-state index is 14.7. The Labute approximate surface area is 267 Å². The number of halogens is 3. The van der Waals surface area contributed by atoms with Crippen molar-refractivity contribution in [2.45, 2.75) is 44.3 Å². The zero-order chi connectivity index (χ0) is 33.5. The van der Waals surface area contributed by atoms with Crippen molar-refractivity contribution in [3.63, 3.8) is 0 Å². The lowest BCUT2D eigenvalue weighted by atomic mass is 9.91. The average molecular weight is 661 g/mol. The van der Waals surface area contributed by atoms with Crippen molar-refractivity contribution in [2.24, 2.45) is 0 Å². The number of ether oxygens (including phenoxy) is 3. The van der Waals surface area contributed by atoms with Gasteiger partial charge in [-0.1, -0.05) is 25.5 Å². The summed E-state index contributed by atoms with van der Waals surface area (Å²) in [6, 6.07) is 13.6. The molecule has 1 aromatic heterocycles. The van der Waals surface area contributed by atoms with Crippen molar-refractivity contribution >= 4 is 16.9 Å². The van der Waals surface area contributed by atoms with Crippen LogP contribution in [0.3, 0.4) is 0 Å². The van der Waals surface area contributed by atoms with E-state index in [1.807, 2.05) is 13.0 Å². The molecule has 0 bridgehead atoms. The molecule has 3 unspecified atom stereocenters. The van der Waals surface area contributed by atoms with E-state index in [4.69, 9.17) is 19.3 Å². The van der Waals surface area contributed by atoms with E-state index in [-0.39, 0.29) is 54.0 Å². The first kappa shape index (κ1) is 34.7. The summed E-state index contributed by atoms with van der Waals surface area (Å²) in [4.78, 5) is 17.4. The first-order chi connectivity index (χ1) is 21.9. The zero-order valence-corrected chi connectivity index (χ0v) is 26.4. The summed E-state index contributed by atoms with van der Waals surface area (Å²) in [6.45, 7) is 2.58. The highest BCUT2D eigenvalue weighted by molar-refractivity contribution is 7.83. The topological polar surface area (TPSA) is 143 Å². The first-order valence-corrected chi connectivity index (χ1v) is 15.9. The Balaban J connectivity index is 1.72. The third-order valence-electron chi connectivity index (χ3n) is 7.40. The van der Waals surface area contributed by atoms with Gasteiger partial charge in [-0.05, 0) is 49.7 Å². The number of aliphatic hydroxyl groups is 1. The van der Waals surface area contributed by atoms with Crippen LogP contribution in [0, 0.1) is 11.3 Å². The maximum absolute atomic E-state index is 14.7. The number of nitrogens with one attached hydrogen (secondary N) is 2. The second-order valence-corrected chi connectivity index (χ2v) is 12.1. The minimum Gasteiger partial charge on any atom is -0.493 e. The number of hydrogen-bond donors (Lipinski definition) is 3. The van der Waals surface area contributed by atoms with Gasteiger partial charge in [-0.15, -0.1) is 0 Å². The minimum atomic E-state index is -4.82. The maximum Gasteiger partial charge on any atom is 0.398 e. The number of pyridine rings is 1. The quantitative estimate of drug-likeness (QED) is 0.225. The molecule has 0 spiro atoms. The molecule has 3 atom stereocenters. The molecule has 0 aliphatic carbocycles. The van der Waals surface area contributed by atoms with Crippen molar-refractivity contribution in [2.75, 3.05) is 39.2 Å². The standard InChI is InChI=1S/C32H35F3N4O6S/c1-4-5-14-46(42)39-31(2)19-45-29-23(31)16-25(38-28(29)21-8-6-20(17-36)7-9-21)24(32(33,34)35)18-37-30(41)22-10-11-26(44-13-12-40)27(15-22)43-3/h6-11,15-16,24,39-40H,4-5,12-14,18-19H2,1-3H3,(H,37,41). The van der Waals surface area contributed by atoms with Crippen LogP contribution in [0.5, 0.6) is 17.2 Å². The van der Waals surface area contributed by atoms with E-state index in [0.717, 1.165) is 6.42 Å². The Hall–Kier alpha value is -4.19. The van der Waals surface area contributed by atoms with E-state index in [1.54, 1.807) is 19.1 Å². The molecule has 0 radical (unpaired) electrons. The van der Waals surface area contributed by atoms with Crippen LogP contribution in [0.2, 0.25) is 0 Å². The molecule has 46 heavy (non-hydrogen) atoms. The number of nitriles is 1. The first-order valence-electron chi connectivity index (χ1n) is 14.6. The van der Waals surface area contributed by atoms with Crippen molar-refractivity contribution < 1.29 is 41.5 Å². The van der Waals surface area contributed by atoms with E-state index in [1.165, 1.54) is 43.5 Å². The van der Waals surface area contributed by atoms with Gasteiger partial charge in [-0.3, -0.25) is 4.79 Å². The summed E-state index contributed by atoms with van der Waals surface area (Å²) in [5, 5.41) is 20.6. The number of rotatable bonds is 14. The SMILES string of the molecule is CCCCS(=O)NC1(C)COc2c1cc(C(CNC(=O)c1ccc(OCCO)c(OC)c1)C(F)(F)F)nc2-c1ccc(C#N)cc1. The molecule has 1 aliphatic heterocycles. The molecule has 3 aromatic rings. The smallest absolute Gasteiger partial charge is 0.398 e. The minimum absolute atomic E-state index is 0.00186. The van der Waals surface area contributed by atoms with Gasteiger partial charge in [0.25, 0.3) is 5.91 Å². The number of carbonyl (C=O) groups excluding carboxylic acids is 1. The fraction of sp³-hybridized carbons (Fsp3) is 0.406. The predicted octanol–water partition coefficient (Wildman–Crippen LogP) is 4.74. The number of nitrogens with zero attached hydrogens (tertiary/aromatic N) is 2. The Morgan fingerprint density at radius 2 is 1.96 bits per heavy atom. The second kappa shape index (κ2) is 14.9. The number of methoxy groups -OCH3 is 1. The van der Waals surface area contributed by atoms with E-state index in [2.05, 4.69) is 15.0 Å². The highest BCUT2D eigenvalue weighted by atomic mass is 32.2. The monoisotopic (exact) mass is 660 g/mol. The summed E-state index contributed by atoms with van der Waals surface area (Å²) in [6.07, 6.45) is -3.30. The normalized spacial score (nSPS) is 16.9. The fourth-order valence-corrected chi connectivity index (χ4v) is 6.24. The van der Waals surface area contributed by atoms with Gasteiger partial charge >= 0.3 is 6.18 Å². The number of benzene rings is 2. The molecule has 14 heteroatoms. The van der Waals surface area contributed by atoms with E-state index >= 15 is 0 Å². The van der Waals surface area contributed by atoms with Crippen LogP contribution in [0.4, 0.5) is 13.2 Å². The number of unbranched alkanes of at least 4 members (excludes halogenated alkanes) is 1. The van der Waals surface area contributed by atoms with E-state index in [9.17, 15) is 27.4 Å². The van der Waals surface area contributed by atoms with Gasteiger partial charge in [0.1, 0.15) is 24.8 Å². The van der Waals surface area contributed by atoms with Crippen molar-refractivity contribution in [3.05, 3.63) is 70.9 Å². The van der Waals surface area contributed by atoms with Gasteiger partial charge in [0.15, 0.2) is 17.2 Å². The Morgan fingerprint density at radius 3 is 2.59 bits per heavy atom. The fourth-order valence-electron chi connectivity index (χ4n) is 4.91. The van der Waals surface area contributed by atoms with Crippen molar-refractivity contribution in [1.29, 1.82) is 5.26 Å². The van der Waals surface area contributed by atoms with Crippen LogP contribution in [-0.4, -0.2) is 65.6 Å². The number of carbonyl (C=O) groups is 1. The second-order valence-electron chi connectivity index (χ2n) is 10.8. The van der Waals surface area contributed by atoms with Crippen LogP contribution >= 0.6 is 0 Å². The summed E-state index contributed by atoms with van der Waals surface area (Å²) >= 11 is 0. The molecule has 0 saturated carbocycles. The number of hydrogen-bond acceptors (Lipinski definition) is 8. The molecule has 1 aliphatic rings. The molecule has 4 rings (SSSR count). The Bertz CT molecular complexity index is 1610. The van der Waals surface area contributed by atoms with Crippen LogP contribution in [0.1, 0.15) is 59.8 Å². The third-order valence-corrected chi connectivity index (χ3v) is 8.73. The molecule has 2 heterocycles. The van der Waals surface area contributed by atoms with E-state index in [0.29, 0.717) is 28.9 Å². The predicted molar refractivity (Wildman–Crippen MR) is 165 cm³/mol. The molecule has 246 valence electrons. The molecule has 1 amide bonds. The van der Waals surface area contributed by atoms with Gasteiger partial charge in [0.2, 0.25) is 0 Å². The van der Waals surface area contributed by atoms with Crippen LogP contribution in [0.15, 0.2) is 48.5 Å². The zero-order valence-electron chi connectivity index (χ0n) is 25.6. The summed E-state index contributed by atoms with van der Waals surface area (Å²) < 4.78 is 76.5. The van der Waals surface area contributed by atoms with Gasteiger partial charge in [-0.2, -0.15) is 18.4 Å². The van der Waals surface area contributed by atoms with Crippen LogP contribution in [-0.2, 0) is 16.5 Å². The van der Waals surface area contributed by atoms with Gasteiger partial charge in [0.05, 0.1) is 47.6 Å². The highest BCUT2D eigenvalue weighted by Crippen LogP contribution is 2.46. The number of aromatic nitrogens is 1. The van der Waals surface area contributed by atoms with E-state index < -0.39 is 41.1 Å². The molecular formula is C32H35F3N4O6S. The van der Waals surface area contributed by atoms with Crippen molar-refractivity contribution in [3.8, 4) is 34.6 Å². The third kappa shape index (κ3) is 7.96. The summed E-state index contributed by atoms with van der Waals surface area (Å²) in [7, 11) is -0.135. The number of fused-ring (bicyclic) bond motifs is 1. The summed E-state index contributed by atoms with van der Waals surface area (Å²) in [5.41, 5.74) is -0.160. The lowest BCUT2D eigenvalue weighted by Gasteiger charge is -2.26. The van der Waals surface area contributed by atoms with Crippen LogP contribution < -0.4 is 24.2 Å². The van der Waals surface area contributed by atoms with Gasteiger partial charge in [-0.25, -0.2) is 13.9 Å². The Morgan fingerprint density at radius 1 is 1.22 bits per heavy atom. The summed E-state index contributed by atoms with van der Waals surface area (Å²) in [5.74, 6) is -1.97. The number of amides is 1. The highest BCUT2D eigenvalue weighted by Gasteiger charge is 2.45. The molecule has 0 saturated heterocycles. The molecule has 10 nitrogen and oxygen atoms in total. The Kier molecular flexibility index (Phi) is 11.3. The van der Waals surface area contributed by atoms with Gasteiger partial charge in [0, 0.05) is 29.0 Å². The van der Waals surface area contributed by atoms with Crippen molar-refractivity contribution in [1.82, 2.24) is 15.0 Å². The van der Waals surface area contributed by atoms with Crippen LogP contribution in [0.25, 0.3) is 11.3 Å². The molecule has 2 aromatic carbocycles. The molecule has 0 fully saturated rings. The van der Waals surface area contributed by atoms with Gasteiger partial charge < -0.3 is 24.6 Å². The number of alkyl halides is 3. The number of aliphatic hydroxyl groups excluding tert-OH is 1. The molecule has 3 N–H and O–H groups in total. The molecular weight excluding hydrogens is 625 g/mol. The average Bonchev–Trinajstić information content (AvgIpc) is 3.37. The largest absolute Gasteiger partial charge is 0.493 e. The lowest BCUT2D eigenvalue weighted by Crippen LogP contribution is -2.43.